The molecule has 2 saturated heterocycles. The molecule has 2 aliphatic rings. The lowest BCUT2D eigenvalue weighted by Crippen LogP contribution is -2.55. The van der Waals surface area contributed by atoms with Gasteiger partial charge in [-0.25, -0.2) is 0 Å². The number of piperazine rings is 1. The van der Waals surface area contributed by atoms with Crippen LogP contribution in [0.3, 0.4) is 0 Å². The van der Waals surface area contributed by atoms with E-state index in [1.54, 1.807) is 0 Å². The number of carbonyl (C=O) groups excluding carboxylic acids is 1. The minimum atomic E-state index is -0.168. The van der Waals surface area contributed by atoms with E-state index in [1.807, 2.05) is 0 Å². The third-order valence-corrected chi connectivity index (χ3v) is 4.80. The number of hydrogen-bond acceptors (Lipinski definition) is 3. The first-order valence-corrected chi connectivity index (χ1v) is 8.24. The maximum Gasteiger partial charge on any atom is 0.229 e. The Morgan fingerprint density at radius 1 is 1.25 bits per heavy atom. The first-order chi connectivity index (χ1) is 9.51. The molecule has 4 nitrogen and oxygen atoms in total. The fourth-order valence-electron chi connectivity index (χ4n) is 3.24. The van der Waals surface area contributed by atoms with E-state index >= 15 is 0 Å². The predicted molar refractivity (Wildman–Crippen MR) is 82.7 cm³/mol. The third-order valence-electron chi connectivity index (χ3n) is 4.80. The highest BCUT2D eigenvalue weighted by Gasteiger charge is 2.38. The summed E-state index contributed by atoms with van der Waals surface area (Å²) in [5.74, 6) is 1.13. The maximum absolute atomic E-state index is 12.7. The van der Waals surface area contributed by atoms with Crippen molar-refractivity contribution >= 4 is 5.91 Å². The Bertz CT molecular complexity index is 316. The summed E-state index contributed by atoms with van der Waals surface area (Å²) in [4.78, 5) is 17.3. The lowest BCUT2D eigenvalue weighted by molar-refractivity contribution is -0.144. The average Bonchev–Trinajstić information content (AvgIpc) is 2.45. The van der Waals surface area contributed by atoms with Gasteiger partial charge in [-0.05, 0) is 45.2 Å². The van der Waals surface area contributed by atoms with Crippen LogP contribution in [0.5, 0.6) is 0 Å². The standard InChI is InChI=1S/C16H31N3O/c1-14(2)5-8-18-9-11-19(12-10-18)15(20)16(3)6-4-7-17-13-16/h14,17H,4-13H2,1-3H3. The first kappa shape index (κ1) is 15.8. The van der Waals surface area contributed by atoms with Gasteiger partial charge in [0.05, 0.1) is 5.41 Å². The van der Waals surface area contributed by atoms with Crippen molar-refractivity contribution in [3.05, 3.63) is 0 Å². The summed E-state index contributed by atoms with van der Waals surface area (Å²) >= 11 is 0. The summed E-state index contributed by atoms with van der Waals surface area (Å²) in [6, 6.07) is 0. The highest BCUT2D eigenvalue weighted by atomic mass is 16.2. The molecule has 2 heterocycles. The monoisotopic (exact) mass is 281 g/mol. The molecule has 4 heteroatoms. The first-order valence-electron chi connectivity index (χ1n) is 8.24. The minimum absolute atomic E-state index is 0.168. The number of nitrogens with one attached hydrogen (secondary N) is 1. The van der Waals surface area contributed by atoms with Crippen molar-refractivity contribution in [1.82, 2.24) is 15.1 Å². The van der Waals surface area contributed by atoms with Crippen molar-refractivity contribution in [2.45, 2.75) is 40.0 Å². The van der Waals surface area contributed by atoms with Crippen LogP contribution in [0.25, 0.3) is 0 Å². The van der Waals surface area contributed by atoms with Gasteiger partial charge in [0.2, 0.25) is 5.91 Å². The van der Waals surface area contributed by atoms with Gasteiger partial charge in [0.25, 0.3) is 0 Å². The van der Waals surface area contributed by atoms with Crippen LogP contribution >= 0.6 is 0 Å². The van der Waals surface area contributed by atoms with Gasteiger partial charge in [-0.15, -0.1) is 0 Å². The van der Waals surface area contributed by atoms with E-state index in [0.717, 1.165) is 58.0 Å². The van der Waals surface area contributed by atoms with Gasteiger partial charge >= 0.3 is 0 Å². The molecule has 2 rings (SSSR count). The molecule has 0 radical (unpaired) electrons. The maximum atomic E-state index is 12.7. The van der Waals surface area contributed by atoms with Gasteiger partial charge in [-0.2, -0.15) is 0 Å². The number of hydrogen-bond donors (Lipinski definition) is 1. The summed E-state index contributed by atoms with van der Waals surface area (Å²) in [5.41, 5.74) is -0.168. The minimum Gasteiger partial charge on any atom is -0.340 e. The zero-order valence-electron chi connectivity index (χ0n) is 13.5. The van der Waals surface area contributed by atoms with Crippen LogP contribution < -0.4 is 5.32 Å². The van der Waals surface area contributed by atoms with Crippen molar-refractivity contribution in [2.75, 3.05) is 45.8 Å². The Morgan fingerprint density at radius 3 is 2.50 bits per heavy atom. The van der Waals surface area contributed by atoms with E-state index in [0.29, 0.717) is 5.91 Å². The van der Waals surface area contributed by atoms with Crippen molar-refractivity contribution in [3.8, 4) is 0 Å². The number of nitrogens with zero attached hydrogens (tertiary/aromatic N) is 2. The SMILES string of the molecule is CC(C)CCN1CCN(C(=O)C2(C)CCCNC2)CC1. The van der Waals surface area contributed by atoms with Crippen LogP contribution in [0.15, 0.2) is 0 Å². The van der Waals surface area contributed by atoms with Crippen molar-refractivity contribution in [1.29, 1.82) is 0 Å². The number of amides is 1. The fraction of sp³-hybridized carbons (Fsp3) is 0.938. The topological polar surface area (TPSA) is 35.6 Å². The lowest BCUT2D eigenvalue weighted by atomic mass is 9.81. The van der Waals surface area contributed by atoms with E-state index in [-0.39, 0.29) is 5.41 Å². The molecular weight excluding hydrogens is 250 g/mol. The second-order valence-electron chi connectivity index (χ2n) is 7.16. The Kier molecular flexibility index (Phi) is 5.44. The highest BCUT2D eigenvalue weighted by molar-refractivity contribution is 5.82. The number of carbonyl (C=O) groups is 1. The van der Waals surface area contributed by atoms with E-state index in [9.17, 15) is 4.79 Å². The molecule has 0 aromatic carbocycles. The van der Waals surface area contributed by atoms with Crippen LogP contribution in [0.1, 0.15) is 40.0 Å². The molecule has 0 bridgehead atoms. The van der Waals surface area contributed by atoms with Crippen LogP contribution in [-0.4, -0.2) is 61.5 Å². The highest BCUT2D eigenvalue weighted by Crippen LogP contribution is 2.28. The molecule has 0 aliphatic carbocycles. The molecule has 116 valence electrons. The van der Waals surface area contributed by atoms with Gasteiger partial charge in [-0.3, -0.25) is 9.69 Å². The molecule has 0 aromatic heterocycles. The van der Waals surface area contributed by atoms with Crippen LogP contribution in [0.4, 0.5) is 0 Å². The molecule has 0 saturated carbocycles. The van der Waals surface area contributed by atoms with Gasteiger partial charge in [-0.1, -0.05) is 13.8 Å². The normalized spacial score (nSPS) is 28.9. The average molecular weight is 281 g/mol. The van der Waals surface area contributed by atoms with Crippen LogP contribution in [0.2, 0.25) is 0 Å². The van der Waals surface area contributed by atoms with E-state index in [1.165, 1.54) is 13.0 Å². The number of piperidine rings is 1. The van der Waals surface area contributed by atoms with Crippen LogP contribution in [0, 0.1) is 11.3 Å². The molecule has 1 N–H and O–H groups in total. The van der Waals surface area contributed by atoms with Crippen molar-refractivity contribution < 1.29 is 4.79 Å². The van der Waals surface area contributed by atoms with Crippen LogP contribution in [-0.2, 0) is 4.79 Å². The Labute approximate surface area is 123 Å². The van der Waals surface area contributed by atoms with Gasteiger partial charge in [0.1, 0.15) is 0 Å². The zero-order valence-corrected chi connectivity index (χ0v) is 13.5. The molecule has 0 spiro atoms. The summed E-state index contributed by atoms with van der Waals surface area (Å²) in [5, 5.41) is 3.38. The Morgan fingerprint density at radius 2 is 1.95 bits per heavy atom. The molecule has 20 heavy (non-hydrogen) atoms. The van der Waals surface area contributed by atoms with Crippen molar-refractivity contribution in [2.24, 2.45) is 11.3 Å². The van der Waals surface area contributed by atoms with Gasteiger partial charge < -0.3 is 10.2 Å². The molecule has 1 unspecified atom stereocenters. The fourth-order valence-corrected chi connectivity index (χ4v) is 3.24. The quantitative estimate of drug-likeness (QED) is 0.849. The summed E-state index contributed by atoms with van der Waals surface area (Å²) < 4.78 is 0. The molecule has 1 amide bonds. The third kappa shape index (κ3) is 3.95. The van der Waals surface area contributed by atoms with E-state index in [2.05, 4.69) is 35.9 Å². The summed E-state index contributed by atoms with van der Waals surface area (Å²) in [6.07, 6.45) is 3.42. The largest absolute Gasteiger partial charge is 0.340 e. The summed E-state index contributed by atoms with van der Waals surface area (Å²) in [7, 11) is 0. The summed E-state index contributed by atoms with van der Waals surface area (Å²) in [6.45, 7) is 13.7. The lowest BCUT2D eigenvalue weighted by Gasteiger charge is -2.41. The molecule has 2 fully saturated rings. The van der Waals surface area contributed by atoms with Crippen molar-refractivity contribution in [3.63, 3.8) is 0 Å². The predicted octanol–water partition coefficient (Wildman–Crippen LogP) is 1.57. The zero-order chi connectivity index (χ0) is 14.6. The Balaban J connectivity index is 1.79. The van der Waals surface area contributed by atoms with E-state index in [4.69, 9.17) is 0 Å². The second-order valence-corrected chi connectivity index (χ2v) is 7.16. The number of rotatable bonds is 4. The molecular formula is C16H31N3O. The Hall–Kier alpha value is -0.610. The molecule has 2 aliphatic heterocycles. The second kappa shape index (κ2) is 6.90. The molecule has 0 aromatic rings. The van der Waals surface area contributed by atoms with E-state index < -0.39 is 0 Å². The van der Waals surface area contributed by atoms with Gasteiger partial charge in [0, 0.05) is 32.7 Å². The van der Waals surface area contributed by atoms with Gasteiger partial charge in [0.15, 0.2) is 0 Å². The smallest absolute Gasteiger partial charge is 0.229 e. The molecule has 1 atom stereocenters.